The molecule has 2 heterocycles. The number of alkyl halides is 1. The molecule has 0 unspecified atom stereocenters. The van der Waals surface area contributed by atoms with Crippen LogP contribution in [0, 0.1) is 0 Å². The lowest BCUT2D eigenvalue weighted by Crippen LogP contribution is -2.67. The fourth-order valence-electron chi connectivity index (χ4n) is 5.30. The number of ether oxygens (including phenoxy) is 3. The molecule has 44 heavy (non-hydrogen) atoms. The standard InChI is InChI=1S/C31H38FN3O7SSi/c1-30(2,3)42-29(38)41-25-22(43-26(24(25)32)35-18-17-23(34-28(35)37)40-27(33)36)19-39-44(31(4,5)6,20-13-9-7-10-14-20)21-15-11-8-12-16-21/h7-18,22,24-26H,19H2,1-6H3,(H2,33,36)/t22-,24+,25-,26-/m1/s1. The van der Waals surface area contributed by atoms with Crippen LogP contribution in [0.1, 0.15) is 46.9 Å². The van der Waals surface area contributed by atoms with Crippen molar-refractivity contribution in [1.29, 1.82) is 0 Å². The molecule has 1 aliphatic heterocycles. The lowest BCUT2D eigenvalue weighted by molar-refractivity contribution is -0.0456. The average Bonchev–Trinajstić information content (AvgIpc) is 3.22. The Balaban J connectivity index is 1.73. The van der Waals surface area contributed by atoms with E-state index in [2.05, 4.69) is 30.5 Å². The first-order valence-corrected chi connectivity index (χ1v) is 17.0. The Labute approximate surface area is 261 Å². The number of thioether (sulfide) groups is 1. The molecule has 0 saturated carbocycles. The molecule has 0 spiro atoms. The molecule has 4 atom stereocenters. The van der Waals surface area contributed by atoms with Crippen molar-refractivity contribution in [3.63, 3.8) is 0 Å². The van der Waals surface area contributed by atoms with Crippen molar-refractivity contribution in [3.8, 4) is 5.88 Å². The number of primary amides is 1. The van der Waals surface area contributed by atoms with Crippen LogP contribution in [0.2, 0.25) is 5.04 Å². The van der Waals surface area contributed by atoms with E-state index in [1.807, 2.05) is 60.7 Å². The summed E-state index contributed by atoms with van der Waals surface area (Å²) in [5, 5.41) is -0.141. The number of carbonyl (C=O) groups excluding carboxylic acids is 2. The number of halogens is 1. The summed E-state index contributed by atoms with van der Waals surface area (Å²) in [6, 6.07) is 21.2. The maximum Gasteiger partial charge on any atom is 0.509 e. The number of carbonyl (C=O) groups is 2. The molecule has 1 aromatic heterocycles. The monoisotopic (exact) mass is 643 g/mol. The van der Waals surface area contributed by atoms with Gasteiger partial charge in [-0.25, -0.2) is 18.8 Å². The third-order valence-electron chi connectivity index (χ3n) is 7.05. The highest BCUT2D eigenvalue weighted by Gasteiger charge is 2.54. The second kappa shape index (κ2) is 13.1. The summed E-state index contributed by atoms with van der Waals surface area (Å²) in [4.78, 5) is 40.5. The molecule has 1 saturated heterocycles. The zero-order chi connectivity index (χ0) is 32.3. The molecule has 236 valence electrons. The van der Waals surface area contributed by atoms with E-state index in [1.54, 1.807) is 20.8 Å². The molecule has 0 bridgehead atoms. The maximum atomic E-state index is 16.3. The highest BCUT2D eigenvalue weighted by molar-refractivity contribution is 8.00. The SMILES string of the molecule is CC(C)(C)OC(=O)O[C@H]1[C@H](F)[C@H](n2ccc(OC(N)=O)nc2=O)S[C@@H]1CO[Si](c1ccccc1)(c1ccccc1)C(C)(C)C. The summed E-state index contributed by atoms with van der Waals surface area (Å²) in [7, 11) is -3.03. The van der Waals surface area contributed by atoms with Crippen molar-refractivity contribution in [2.75, 3.05) is 6.61 Å². The van der Waals surface area contributed by atoms with E-state index in [-0.39, 0.29) is 17.5 Å². The molecule has 3 aromatic rings. The van der Waals surface area contributed by atoms with Gasteiger partial charge in [0.15, 0.2) is 12.3 Å². The van der Waals surface area contributed by atoms with Crippen molar-refractivity contribution in [3.05, 3.63) is 83.4 Å². The third kappa shape index (κ3) is 7.33. The van der Waals surface area contributed by atoms with Crippen LogP contribution in [-0.4, -0.2) is 59.9 Å². The van der Waals surface area contributed by atoms with Crippen molar-refractivity contribution >= 4 is 42.7 Å². The maximum absolute atomic E-state index is 16.3. The highest BCUT2D eigenvalue weighted by Crippen LogP contribution is 2.46. The number of nitrogens with zero attached hydrogens (tertiary/aromatic N) is 2. The van der Waals surface area contributed by atoms with Crippen LogP contribution in [0.5, 0.6) is 5.88 Å². The number of amides is 1. The minimum absolute atomic E-state index is 0.00732. The Bertz CT molecular complexity index is 1470. The van der Waals surface area contributed by atoms with Gasteiger partial charge in [0.05, 0.1) is 11.9 Å². The lowest BCUT2D eigenvalue weighted by Gasteiger charge is -2.43. The fourth-order valence-corrected chi connectivity index (χ4v) is 11.5. The molecule has 4 rings (SSSR count). The fraction of sp³-hybridized carbons (Fsp3) is 0.419. The molecule has 13 heteroatoms. The zero-order valence-electron chi connectivity index (χ0n) is 25.6. The van der Waals surface area contributed by atoms with E-state index < -0.39 is 54.8 Å². The van der Waals surface area contributed by atoms with E-state index in [0.717, 1.165) is 26.7 Å². The van der Waals surface area contributed by atoms with Crippen LogP contribution in [0.25, 0.3) is 0 Å². The Morgan fingerprint density at radius 1 is 0.977 bits per heavy atom. The Kier molecular flexibility index (Phi) is 9.91. The molecule has 0 radical (unpaired) electrons. The van der Waals surface area contributed by atoms with Crippen LogP contribution < -0.4 is 26.5 Å². The smallest absolute Gasteiger partial charge is 0.429 e. The van der Waals surface area contributed by atoms with Crippen molar-refractivity contribution < 1.29 is 32.6 Å². The second-order valence-electron chi connectivity index (χ2n) is 12.4. The normalized spacial score (nSPS) is 20.6. The van der Waals surface area contributed by atoms with Gasteiger partial charge in [-0.1, -0.05) is 81.4 Å². The number of nitrogens with two attached hydrogens (primary N) is 1. The van der Waals surface area contributed by atoms with Gasteiger partial charge < -0.3 is 24.4 Å². The molecule has 1 fully saturated rings. The van der Waals surface area contributed by atoms with Crippen LogP contribution in [-0.2, 0) is 13.9 Å². The van der Waals surface area contributed by atoms with Crippen LogP contribution >= 0.6 is 11.8 Å². The summed E-state index contributed by atoms with van der Waals surface area (Å²) >= 11 is 1.10. The summed E-state index contributed by atoms with van der Waals surface area (Å²) in [6.45, 7) is 11.4. The average molecular weight is 644 g/mol. The number of aromatic nitrogens is 2. The number of benzene rings is 2. The van der Waals surface area contributed by atoms with Gasteiger partial charge in [-0.2, -0.15) is 4.98 Å². The van der Waals surface area contributed by atoms with Gasteiger partial charge in [0.25, 0.3) is 8.32 Å². The number of rotatable bonds is 8. The Hall–Kier alpha value is -3.68. The van der Waals surface area contributed by atoms with Crippen LogP contribution in [0.4, 0.5) is 14.0 Å². The summed E-state index contributed by atoms with van der Waals surface area (Å²) in [6.07, 6.45) is -4.06. The minimum atomic E-state index is -3.03. The molecule has 0 aliphatic carbocycles. The van der Waals surface area contributed by atoms with Crippen molar-refractivity contribution in [1.82, 2.24) is 9.55 Å². The lowest BCUT2D eigenvalue weighted by atomic mass is 10.1. The number of hydrogen-bond acceptors (Lipinski definition) is 9. The van der Waals surface area contributed by atoms with Gasteiger partial charge >= 0.3 is 17.9 Å². The van der Waals surface area contributed by atoms with Crippen molar-refractivity contribution in [2.24, 2.45) is 5.73 Å². The van der Waals surface area contributed by atoms with Gasteiger partial charge in [0.2, 0.25) is 5.88 Å². The van der Waals surface area contributed by atoms with Gasteiger partial charge in [-0.3, -0.25) is 4.57 Å². The van der Waals surface area contributed by atoms with E-state index in [4.69, 9.17) is 19.6 Å². The molecule has 1 aliphatic rings. The molecule has 2 N–H and O–H groups in total. The second-order valence-corrected chi connectivity index (χ2v) is 18.1. The van der Waals surface area contributed by atoms with E-state index in [0.29, 0.717) is 0 Å². The van der Waals surface area contributed by atoms with E-state index >= 15 is 4.39 Å². The van der Waals surface area contributed by atoms with Gasteiger partial charge in [0, 0.05) is 12.3 Å². The summed E-state index contributed by atoms with van der Waals surface area (Å²) in [5.41, 5.74) is 3.28. The van der Waals surface area contributed by atoms with E-state index in [1.165, 1.54) is 12.3 Å². The largest absolute Gasteiger partial charge is 0.509 e. The molecular weight excluding hydrogens is 606 g/mol. The van der Waals surface area contributed by atoms with Crippen molar-refractivity contribution in [2.45, 2.75) is 75.1 Å². The third-order valence-corrected chi connectivity index (χ3v) is 13.6. The van der Waals surface area contributed by atoms with Crippen LogP contribution in [0.3, 0.4) is 0 Å². The molecule has 1 amide bonds. The number of hydrogen-bond donors (Lipinski definition) is 1. The summed E-state index contributed by atoms with van der Waals surface area (Å²) in [5.74, 6) is -0.315. The highest BCUT2D eigenvalue weighted by atomic mass is 32.2. The van der Waals surface area contributed by atoms with E-state index in [9.17, 15) is 14.4 Å². The first-order chi connectivity index (χ1) is 20.6. The predicted octanol–water partition coefficient (Wildman–Crippen LogP) is 4.55. The molecule has 10 nitrogen and oxygen atoms in total. The van der Waals surface area contributed by atoms with Gasteiger partial charge in [-0.15, -0.1) is 11.8 Å². The van der Waals surface area contributed by atoms with Gasteiger partial charge in [-0.05, 0) is 36.2 Å². The Morgan fingerprint density at radius 2 is 1.55 bits per heavy atom. The topological polar surface area (TPSA) is 132 Å². The first-order valence-electron chi connectivity index (χ1n) is 14.1. The predicted molar refractivity (Wildman–Crippen MR) is 169 cm³/mol. The van der Waals surface area contributed by atoms with Crippen LogP contribution in [0.15, 0.2) is 77.7 Å². The molecular formula is C31H38FN3O7SSi. The quantitative estimate of drug-likeness (QED) is 0.277. The molecule has 2 aromatic carbocycles. The first kappa shape index (κ1) is 33.2. The summed E-state index contributed by atoms with van der Waals surface area (Å²) < 4.78 is 40.0. The Morgan fingerprint density at radius 3 is 2.02 bits per heavy atom. The van der Waals surface area contributed by atoms with Gasteiger partial charge in [0.1, 0.15) is 11.0 Å². The zero-order valence-corrected chi connectivity index (χ0v) is 27.4. The minimum Gasteiger partial charge on any atom is -0.429 e.